The average molecular weight is 173 g/mol. The molecule has 12 heavy (non-hydrogen) atoms. The largest absolute Gasteiger partial charge is 0.464 e. The van der Waals surface area contributed by atoms with Gasteiger partial charge in [-0.2, -0.15) is 0 Å². The van der Waals surface area contributed by atoms with Gasteiger partial charge < -0.3 is 15.2 Å². The second kappa shape index (κ2) is 3.53. The summed E-state index contributed by atoms with van der Waals surface area (Å²) in [6, 6.07) is -0.877. The molecule has 1 unspecified atom stereocenters. The van der Waals surface area contributed by atoms with Gasteiger partial charge in [0.05, 0.1) is 19.1 Å². The lowest BCUT2D eigenvalue weighted by atomic mass is 10.2. The van der Waals surface area contributed by atoms with Crippen LogP contribution in [0.25, 0.3) is 0 Å². The Morgan fingerprint density at radius 1 is 1.83 bits per heavy atom. The fourth-order valence-electron chi connectivity index (χ4n) is 1.08. The van der Waals surface area contributed by atoms with Crippen LogP contribution in [0.1, 0.15) is 13.3 Å². The molecular weight excluding hydrogens is 162 g/mol. The van der Waals surface area contributed by atoms with Crippen molar-refractivity contribution in [2.75, 3.05) is 6.61 Å². The molecule has 0 saturated carbocycles. The Kier molecular flexibility index (Phi) is 2.65. The Hall–Kier alpha value is -1.10. The van der Waals surface area contributed by atoms with Gasteiger partial charge in [0, 0.05) is 0 Å². The van der Waals surface area contributed by atoms with Gasteiger partial charge in [-0.3, -0.25) is 4.79 Å². The van der Waals surface area contributed by atoms with Crippen LogP contribution < -0.4 is 5.32 Å². The summed E-state index contributed by atoms with van der Waals surface area (Å²) in [6.45, 7) is 1.92. The number of hydrogen-bond donors (Lipinski definition) is 2. The number of carbonyl (C=O) groups is 2. The summed E-state index contributed by atoms with van der Waals surface area (Å²) in [5, 5.41) is 11.5. The fraction of sp³-hybridized carbons (Fsp3) is 0.714. The first-order valence-electron chi connectivity index (χ1n) is 3.79. The summed E-state index contributed by atoms with van der Waals surface area (Å²) in [5.41, 5.74) is 0. The molecule has 1 heterocycles. The molecule has 1 aliphatic rings. The van der Waals surface area contributed by atoms with Crippen LogP contribution in [0, 0.1) is 0 Å². The number of ether oxygens (including phenoxy) is 1. The number of rotatable bonds is 2. The number of aliphatic hydroxyl groups excluding tert-OH is 1. The SMILES string of the molecule is CCOC(=O)[C@H]1NC(=O)CC1O. The minimum Gasteiger partial charge on any atom is -0.464 e. The Morgan fingerprint density at radius 2 is 2.50 bits per heavy atom. The van der Waals surface area contributed by atoms with E-state index < -0.39 is 18.1 Å². The average Bonchev–Trinajstić information content (AvgIpc) is 2.30. The van der Waals surface area contributed by atoms with Crippen molar-refractivity contribution in [3.63, 3.8) is 0 Å². The fourth-order valence-corrected chi connectivity index (χ4v) is 1.08. The van der Waals surface area contributed by atoms with E-state index >= 15 is 0 Å². The number of amides is 1. The molecule has 0 aromatic carbocycles. The molecule has 1 rings (SSSR count). The summed E-state index contributed by atoms with van der Waals surface area (Å²) in [6.07, 6.45) is -0.972. The molecule has 1 aliphatic heterocycles. The van der Waals surface area contributed by atoms with Crippen molar-refractivity contribution in [3.8, 4) is 0 Å². The van der Waals surface area contributed by atoms with Crippen LogP contribution in [0.4, 0.5) is 0 Å². The summed E-state index contributed by atoms with van der Waals surface area (Å²) < 4.78 is 4.63. The molecule has 0 aromatic rings. The highest BCUT2D eigenvalue weighted by atomic mass is 16.5. The lowest BCUT2D eigenvalue weighted by molar-refractivity contribution is -0.147. The van der Waals surface area contributed by atoms with E-state index in [0.29, 0.717) is 0 Å². The lowest BCUT2D eigenvalue weighted by Crippen LogP contribution is -2.40. The van der Waals surface area contributed by atoms with Crippen LogP contribution in [0.15, 0.2) is 0 Å². The molecule has 0 bridgehead atoms. The topological polar surface area (TPSA) is 75.6 Å². The molecule has 2 N–H and O–H groups in total. The van der Waals surface area contributed by atoms with E-state index in [1.165, 1.54) is 0 Å². The highest BCUT2D eigenvalue weighted by molar-refractivity contribution is 5.89. The molecule has 0 radical (unpaired) electrons. The van der Waals surface area contributed by atoms with Gasteiger partial charge in [0.25, 0.3) is 0 Å². The maximum absolute atomic E-state index is 11.0. The smallest absolute Gasteiger partial charge is 0.331 e. The van der Waals surface area contributed by atoms with Gasteiger partial charge in [0.15, 0.2) is 6.04 Å². The lowest BCUT2D eigenvalue weighted by Gasteiger charge is -2.11. The molecule has 5 heteroatoms. The molecule has 1 saturated heterocycles. The molecule has 0 aromatic heterocycles. The van der Waals surface area contributed by atoms with Gasteiger partial charge in [0.2, 0.25) is 5.91 Å². The number of carbonyl (C=O) groups excluding carboxylic acids is 2. The van der Waals surface area contributed by atoms with E-state index in [4.69, 9.17) is 0 Å². The van der Waals surface area contributed by atoms with E-state index in [1.807, 2.05) is 0 Å². The Balaban J connectivity index is 2.52. The zero-order valence-corrected chi connectivity index (χ0v) is 6.74. The molecule has 0 aliphatic carbocycles. The second-order valence-electron chi connectivity index (χ2n) is 2.57. The minimum absolute atomic E-state index is 0.0243. The maximum Gasteiger partial charge on any atom is 0.331 e. The van der Waals surface area contributed by atoms with Crippen molar-refractivity contribution in [2.24, 2.45) is 0 Å². The van der Waals surface area contributed by atoms with Crippen molar-refractivity contribution >= 4 is 11.9 Å². The highest BCUT2D eigenvalue weighted by Gasteiger charge is 2.36. The van der Waals surface area contributed by atoms with Crippen molar-refractivity contribution in [2.45, 2.75) is 25.5 Å². The van der Waals surface area contributed by atoms with Crippen LogP contribution >= 0.6 is 0 Å². The van der Waals surface area contributed by atoms with Crippen molar-refractivity contribution in [1.82, 2.24) is 5.32 Å². The van der Waals surface area contributed by atoms with E-state index in [0.717, 1.165) is 0 Å². The van der Waals surface area contributed by atoms with Crippen molar-refractivity contribution in [3.05, 3.63) is 0 Å². The van der Waals surface area contributed by atoms with Gasteiger partial charge in [-0.1, -0.05) is 0 Å². The van der Waals surface area contributed by atoms with Crippen LogP contribution in [0.5, 0.6) is 0 Å². The Bertz CT molecular complexity index is 204. The first-order valence-corrected chi connectivity index (χ1v) is 3.79. The predicted molar refractivity (Wildman–Crippen MR) is 39.2 cm³/mol. The molecule has 0 spiro atoms. The Labute approximate surface area is 69.7 Å². The molecule has 1 fully saturated rings. The van der Waals surface area contributed by atoms with Crippen LogP contribution in [-0.2, 0) is 14.3 Å². The summed E-state index contributed by atoms with van der Waals surface area (Å²) in [7, 11) is 0. The van der Waals surface area contributed by atoms with E-state index in [2.05, 4.69) is 10.1 Å². The summed E-state index contributed by atoms with van der Waals surface area (Å²) in [4.78, 5) is 21.7. The van der Waals surface area contributed by atoms with Gasteiger partial charge in [-0.05, 0) is 6.92 Å². The standard InChI is InChI=1S/C7H11NO4/c1-2-12-7(11)6-4(9)3-5(10)8-6/h4,6,9H,2-3H2,1H3,(H,8,10)/t4?,6-/m0/s1. The number of esters is 1. The molecule has 68 valence electrons. The molecule has 2 atom stereocenters. The number of nitrogens with one attached hydrogen (secondary N) is 1. The normalized spacial score (nSPS) is 28.3. The summed E-state index contributed by atoms with van der Waals surface area (Å²) >= 11 is 0. The van der Waals surface area contributed by atoms with Gasteiger partial charge in [0.1, 0.15) is 0 Å². The maximum atomic E-state index is 11.0. The molecule has 5 nitrogen and oxygen atoms in total. The molecule has 1 amide bonds. The number of hydrogen-bond acceptors (Lipinski definition) is 4. The van der Waals surface area contributed by atoms with Crippen LogP contribution in [-0.4, -0.2) is 35.7 Å². The molecular formula is C7H11NO4. The third kappa shape index (κ3) is 1.73. The first kappa shape index (κ1) is 8.99. The van der Waals surface area contributed by atoms with E-state index in [9.17, 15) is 14.7 Å². The van der Waals surface area contributed by atoms with Gasteiger partial charge in [-0.25, -0.2) is 4.79 Å². The Morgan fingerprint density at radius 3 is 2.92 bits per heavy atom. The summed E-state index contributed by atoms with van der Waals surface area (Å²) in [5.74, 6) is -0.892. The van der Waals surface area contributed by atoms with E-state index in [1.54, 1.807) is 6.92 Å². The zero-order valence-electron chi connectivity index (χ0n) is 6.74. The first-order chi connectivity index (χ1) is 5.65. The monoisotopic (exact) mass is 173 g/mol. The van der Waals surface area contributed by atoms with Crippen LogP contribution in [0.3, 0.4) is 0 Å². The highest BCUT2D eigenvalue weighted by Crippen LogP contribution is 2.09. The van der Waals surface area contributed by atoms with Crippen molar-refractivity contribution < 1.29 is 19.4 Å². The van der Waals surface area contributed by atoms with Crippen LogP contribution in [0.2, 0.25) is 0 Å². The minimum atomic E-state index is -0.948. The van der Waals surface area contributed by atoms with Gasteiger partial charge in [-0.15, -0.1) is 0 Å². The van der Waals surface area contributed by atoms with Gasteiger partial charge >= 0.3 is 5.97 Å². The predicted octanol–water partition coefficient (Wildman–Crippen LogP) is -1.20. The zero-order chi connectivity index (χ0) is 9.14. The third-order valence-electron chi connectivity index (χ3n) is 1.64. The van der Waals surface area contributed by atoms with Crippen molar-refractivity contribution in [1.29, 1.82) is 0 Å². The second-order valence-corrected chi connectivity index (χ2v) is 2.57. The number of aliphatic hydroxyl groups is 1. The third-order valence-corrected chi connectivity index (χ3v) is 1.64. The van der Waals surface area contributed by atoms with E-state index in [-0.39, 0.29) is 18.9 Å². The quantitative estimate of drug-likeness (QED) is 0.514.